The van der Waals surface area contributed by atoms with Crippen LogP contribution in [0.3, 0.4) is 0 Å². The van der Waals surface area contributed by atoms with Gasteiger partial charge in [-0.1, -0.05) is 6.92 Å². The van der Waals surface area contributed by atoms with Gasteiger partial charge in [0.2, 0.25) is 0 Å². The minimum absolute atomic E-state index is 0. The van der Waals surface area contributed by atoms with Gasteiger partial charge in [-0.3, -0.25) is 9.78 Å². The molecular weight excluding hydrogens is 377 g/mol. The van der Waals surface area contributed by atoms with Crippen molar-refractivity contribution in [3.63, 3.8) is 0 Å². The van der Waals surface area contributed by atoms with Gasteiger partial charge < -0.3 is 10.6 Å². The minimum Gasteiger partial charge on any atom is -0.351 e. The molecule has 0 saturated carbocycles. The monoisotopic (exact) mass is 401 g/mol. The summed E-state index contributed by atoms with van der Waals surface area (Å²) in [6.07, 6.45) is 2.20. The molecule has 0 unspecified atom stereocenters. The van der Waals surface area contributed by atoms with E-state index in [-0.39, 0.29) is 36.1 Å². The Morgan fingerprint density at radius 3 is 2.60 bits per heavy atom. The number of thiophene rings is 1. The standard InChI is InChI=1S/C18H23N3OS.2ClH/c1-13-15(3-4-16(21-13)14-5-10-23-11-14)17(22)20-12-18(2)6-8-19-9-7-18;;/h3-5,10-11,19H,6-9,12H2,1-2H3,(H,20,22);2*1H. The smallest absolute Gasteiger partial charge is 0.253 e. The maximum atomic E-state index is 12.5. The van der Waals surface area contributed by atoms with Gasteiger partial charge >= 0.3 is 0 Å². The normalized spacial score (nSPS) is 15.6. The second kappa shape index (κ2) is 9.53. The predicted molar refractivity (Wildman–Crippen MR) is 109 cm³/mol. The molecule has 2 aromatic rings. The van der Waals surface area contributed by atoms with Crippen molar-refractivity contribution in [2.45, 2.75) is 26.7 Å². The first-order chi connectivity index (χ1) is 11.1. The van der Waals surface area contributed by atoms with Crippen molar-refractivity contribution in [1.29, 1.82) is 0 Å². The Kier molecular flexibility index (Phi) is 8.35. The highest BCUT2D eigenvalue weighted by molar-refractivity contribution is 7.08. The van der Waals surface area contributed by atoms with Crippen LogP contribution in [0.2, 0.25) is 0 Å². The number of halogens is 2. The second-order valence-corrected chi connectivity index (χ2v) is 7.36. The van der Waals surface area contributed by atoms with E-state index in [9.17, 15) is 4.79 Å². The molecule has 1 saturated heterocycles. The average molecular weight is 402 g/mol. The second-order valence-electron chi connectivity index (χ2n) is 6.58. The van der Waals surface area contributed by atoms with E-state index < -0.39 is 0 Å². The fourth-order valence-electron chi connectivity index (χ4n) is 2.97. The summed E-state index contributed by atoms with van der Waals surface area (Å²) < 4.78 is 0. The van der Waals surface area contributed by atoms with E-state index >= 15 is 0 Å². The van der Waals surface area contributed by atoms with Crippen LogP contribution in [-0.2, 0) is 0 Å². The van der Waals surface area contributed by atoms with Crippen molar-refractivity contribution in [1.82, 2.24) is 15.6 Å². The highest BCUT2D eigenvalue weighted by Gasteiger charge is 2.27. The summed E-state index contributed by atoms with van der Waals surface area (Å²) in [5.41, 5.74) is 3.67. The SMILES string of the molecule is Cc1nc(-c2ccsc2)ccc1C(=O)NCC1(C)CCNCC1.Cl.Cl. The fraction of sp³-hybridized carbons (Fsp3) is 0.444. The van der Waals surface area contributed by atoms with Crippen molar-refractivity contribution in [2.24, 2.45) is 5.41 Å². The summed E-state index contributed by atoms with van der Waals surface area (Å²) in [5.74, 6) is -0.0216. The molecule has 1 fully saturated rings. The summed E-state index contributed by atoms with van der Waals surface area (Å²) in [7, 11) is 0. The quantitative estimate of drug-likeness (QED) is 0.810. The van der Waals surface area contributed by atoms with Crippen LogP contribution in [0.4, 0.5) is 0 Å². The molecule has 4 nitrogen and oxygen atoms in total. The first kappa shape index (κ1) is 21.9. The molecule has 2 aromatic heterocycles. The zero-order valence-electron chi connectivity index (χ0n) is 14.5. The van der Waals surface area contributed by atoms with E-state index in [4.69, 9.17) is 0 Å². The van der Waals surface area contributed by atoms with Crippen molar-refractivity contribution >= 4 is 42.1 Å². The third-order valence-electron chi connectivity index (χ3n) is 4.63. The Balaban J connectivity index is 0.00000156. The van der Waals surface area contributed by atoms with Crippen molar-refractivity contribution in [2.75, 3.05) is 19.6 Å². The molecule has 138 valence electrons. The van der Waals surface area contributed by atoms with E-state index in [1.54, 1.807) is 11.3 Å². The van der Waals surface area contributed by atoms with Gasteiger partial charge in [0, 0.05) is 17.5 Å². The van der Waals surface area contributed by atoms with Crippen LogP contribution in [-0.4, -0.2) is 30.5 Å². The first-order valence-electron chi connectivity index (χ1n) is 8.07. The number of carbonyl (C=O) groups excluding carboxylic acids is 1. The predicted octanol–water partition coefficient (Wildman–Crippen LogP) is 4.08. The van der Waals surface area contributed by atoms with Crippen LogP contribution in [0.25, 0.3) is 11.3 Å². The lowest BCUT2D eigenvalue weighted by Gasteiger charge is -2.34. The Morgan fingerprint density at radius 1 is 1.28 bits per heavy atom. The Morgan fingerprint density at radius 2 is 2.00 bits per heavy atom. The van der Waals surface area contributed by atoms with Crippen molar-refractivity contribution < 1.29 is 4.79 Å². The molecule has 1 aliphatic rings. The highest BCUT2D eigenvalue weighted by Crippen LogP contribution is 2.27. The highest BCUT2D eigenvalue weighted by atomic mass is 35.5. The molecule has 1 amide bonds. The van der Waals surface area contributed by atoms with Gasteiger partial charge in [-0.25, -0.2) is 0 Å². The summed E-state index contributed by atoms with van der Waals surface area (Å²) in [6, 6.07) is 5.86. The zero-order chi connectivity index (χ0) is 16.3. The lowest BCUT2D eigenvalue weighted by molar-refractivity contribution is 0.0921. The Labute approximate surface area is 165 Å². The van der Waals surface area contributed by atoms with Crippen LogP contribution in [0.5, 0.6) is 0 Å². The maximum Gasteiger partial charge on any atom is 0.253 e. The van der Waals surface area contributed by atoms with E-state index in [1.807, 2.05) is 30.5 Å². The lowest BCUT2D eigenvalue weighted by atomic mass is 9.81. The van der Waals surface area contributed by atoms with Crippen molar-refractivity contribution in [3.05, 3.63) is 40.2 Å². The van der Waals surface area contributed by atoms with Crippen LogP contribution in [0.1, 0.15) is 35.8 Å². The van der Waals surface area contributed by atoms with Crippen LogP contribution >= 0.6 is 36.2 Å². The molecule has 0 atom stereocenters. The number of aromatic nitrogens is 1. The van der Waals surface area contributed by atoms with Crippen molar-refractivity contribution in [3.8, 4) is 11.3 Å². The van der Waals surface area contributed by atoms with Crippen LogP contribution in [0, 0.1) is 12.3 Å². The number of hydrogen-bond acceptors (Lipinski definition) is 4. The number of rotatable bonds is 4. The average Bonchev–Trinajstić information content (AvgIpc) is 3.08. The van der Waals surface area contributed by atoms with E-state index in [0.717, 1.165) is 49.4 Å². The zero-order valence-corrected chi connectivity index (χ0v) is 17.0. The lowest BCUT2D eigenvalue weighted by Crippen LogP contribution is -2.43. The van der Waals surface area contributed by atoms with E-state index in [1.165, 1.54) is 0 Å². The van der Waals surface area contributed by atoms with Gasteiger partial charge in [-0.15, -0.1) is 24.8 Å². The number of nitrogens with zero attached hydrogens (tertiary/aromatic N) is 1. The van der Waals surface area contributed by atoms with E-state index in [2.05, 4.69) is 27.9 Å². The van der Waals surface area contributed by atoms with Gasteiger partial charge in [-0.2, -0.15) is 11.3 Å². The molecular formula is C18H25Cl2N3OS. The molecule has 0 radical (unpaired) electrons. The number of hydrogen-bond donors (Lipinski definition) is 2. The number of aryl methyl sites for hydroxylation is 1. The fourth-order valence-corrected chi connectivity index (χ4v) is 3.62. The summed E-state index contributed by atoms with van der Waals surface area (Å²) in [4.78, 5) is 17.1. The maximum absolute atomic E-state index is 12.5. The third kappa shape index (κ3) is 5.42. The molecule has 3 rings (SSSR count). The number of piperidine rings is 1. The molecule has 1 aliphatic heterocycles. The van der Waals surface area contributed by atoms with Crippen LogP contribution < -0.4 is 10.6 Å². The molecule has 0 bridgehead atoms. The van der Waals surface area contributed by atoms with Crippen LogP contribution in [0.15, 0.2) is 29.0 Å². The molecule has 3 heterocycles. The van der Waals surface area contributed by atoms with E-state index in [0.29, 0.717) is 5.56 Å². The molecule has 0 aliphatic carbocycles. The molecule has 25 heavy (non-hydrogen) atoms. The van der Waals surface area contributed by atoms with Gasteiger partial charge in [0.25, 0.3) is 5.91 Å². The third-order valence-corrected chi connectivity index (χ3v) is 5.32. The first-order valence-corrected chi connectivity index (χ1v) is 9.01. The Bertz CT molecular complexity index is 686. The number of amides is 1. The Hall–Kier alpha value is -1.14. The summed E-state index contributed by atoms with van der Waals surface area (Å²) >= 11 is 1.65. The number of carbonyl (C=O) groups is 1. The summed E-state index contributed by atoms with van der Waals surface area (Å²) in [5, 5.41) is 10.6. The minimum atomic E-state index is -0.0216. The van der Waals surface area contributed by atoms with Gasteiger partial charge in [0.15, 0.2) is 0 Å². The topological polar surface area (TPSA) is 54.0 Å². The molecule has 7 heteroatoms. The largest absolute Gasteiger partial charge is 0.351 e. The van der Waals surface area contributed by atoms with Gasteiger partial charge in [0.05, 0.1) is 17.0 Å². The number of pyridine rings is 1. The summed E-state index contributed by atoms with van der Waals surface area (Å²) in [6.45, 7) is 6.93. The molecule has 2 N–H and O–H groups in total. The van der Waals surface area contributed by atoms with Gasteiger partial charge in [-0.05, 0) is 61.8 Å². The number of nitrogens with one attached hydrogen (secondary N) is 2. The van der Waals surface area contributed by atoms with Gasteiger partial charge in [0.1, 0.15) is 0 Å². The molecule has 0 aromatic carbocycles. The molecule has 0 spiro atoms.